The second kappa shape index (κ2) is 10.7. The molecule has 0 radical (unpaired) electrons. The van der Waals surface area contributed by atoms with E-state index in [0.717, 1.165) is 12.0 Å². The van der Waals surface area contributed by atoms with E-state index < -0.39 is 60.9 Å². The number of hydrogen-bond donors (Lipinski definition) is 5. The second-order valence-electron chi connectivity index (χ2n) is 12.2. The highest BCUT2D eigenvalue weighted by atomic mass is 16.7. The Balaban J connectivity index is 1.68. The van der Waals surface area contributed by atoms with E-state index in [0.29, 0.717) is 17.9 Å². The van der Waals surface area contributed by atoms with Crippen molar-refractivity contribution in [2.45, 2.75) is 96.3 Å². The van der Waals surface area contributed by atoms with Crippen molar-refractivity contribution in [3.8, 4) is 0 Å². The molecule has 214 valence electrons. The molecule has 0 aromatic rings. The highest BCUT2D eigenvalue weighted by molar-refractivity contribution is 6.03. The molecule has 11 atom stereocenters. The highest BCUT2D eigenvalue weighted by Crippen LogP contribution is 2.62. The molecule has 10 nitrogen and oxygen atoms in total. The Morgan fingerprint density at radius 1 is 1.08 bits per heavy atom. The first-order chi connectivity index (χ1) is 17.7. The molecular formula is C28H42O10. The zero-order valence-corrected chi connectivity index (χ0v) is 22.7. The monoisotopic (exact) mass is 538 g/mol. The van der Waals surface area contributed by atoms with E-state index >= 15 is 0 Å². The average molecular weight is 539 g/mol. The Hall–Kier alpha value is -1.66. The van der Waals surface area contributed by atoms with Crippen molar-refractivity contribution < 1.29 is 49.3 Å². The number of esters is 1. The number of hydrogen-bond acceptors (Lipinski definition) is 10. The lowest BCUT2D eigenvalue weighted by Crippen LogP contribution is -2.59. The Kier molecular flexibility index (Phi) is 8.28. The molecule has 10 heteroatoms. The standard InChI is InChI=1S/C28H42O10/c1-13-8-18-17(27(18,4)5)7-6-16(12-36-26-24(34)23(33)22(32)20(11-29)37-26)9-19-21(31)14(2)10-28(19,25(13)35)38-15(3)30/h8-9,14,17-24,26,29,31-34H,6-7,10-12H2,1-5H3/b13-8+,16-9+. The van der Waals surface area contributed by atoms with E-state index in [1.165, 1.54) is 6.92 Å². The SMILES string of the molecule is CC(=O)OC12CC(C)C(O)C1/C=C(/COC1OC(CO)C(O)C(O)C1O)CCC1C(/C=C(\C)C2=O)C1(C)C. The topological polar surface area (TPSA) is 163 Å². The van der Waals surface area contributed by atoms with Crippen LogP contribution in [0.5, 0.6) is 0 Å². The van der Waals surface area contributed by atoms with Gasteiger partial charge >= 0.3 is 5.97 Å². The third-order valence-electron chi connectivity index (χ3n) is 9.22. The summed E-state index contributed by atoms with van der Waals surface area (Å²) in [6.07, 6.45) is -2.69. The van der Waals surface area contributed by atoms with Gasteiger partial charge in [-0.05, 0) is 54.1 Å². The molecule has 3 aliphatic carbocycles. The van der Waals surface area contributed by atoms with Crippen LogP contribution < -0.4 is 0 Å². The Bertz CT molecular complexity index is 986. The van der Waals surface area contributed by atoms with Gasteiger partial charge in [0.05, 0.1) is 25.2 Å². The van der Waals surface area contributed by atoms with E-state index in [2.05, 4.69) is 13.8 Å². The molecule has 3 fully saturated rings. The van der Waals surface area contributed by atoms with Crippen LogP contribution >= 0.6 is 0 Å². The van der Waals surface area contributed by atoms with Gasteiger partial charge in [0.15, 0.2) is 11.9 Å². The molecule has 1 saturated heterocycles. The van der Waals surface area contributed by atoms with Crippen LogP contribution in [0, 0.1) is 29.1 Å². The molecular weight excluding hydrogens is 496 g/mol. The lowest BCUT2D eigenvalue weighted by molar-refractivity contribution is -0.299. The molecule has 0 amide bonds. The number of carbonyl (C=O) groups is 2. The Labute approximate surface area is 223 Å². The first-order valence-corrected chi connectivity index (χ1v) is 13.5. The van der Waals surface area contributed by atoms with Gasteiger partial charge in [-0.1, -0.05) is 32.9 Å². The number of rotatable bonds is 5. The van der Waals surface area contributed by atoms with Crippen molar-refractivity contribution >= 4 is 11.8 Å². The number of aliphatic hydroxyl groups is 5. The van der Waals surface area contributed by atoms with Crippen molar-refractivity contribution in [1.29, 1.82) is 0 Å². The van der Waals surface area contributed by atoms with E-state index in [1.807, 2.05) is 13.0 Å². The van der Waals surface area contributed by atoms with Gasteiger partial charge in [-0.2, -0.15) is 0 Å². The number of Topliss-reactive ketones (excluding diaryl/α,β-unsaturated/α-hetero) is 1. The summed E-state index contributed by atoms with van der Waals surface area (Å²) in [5.41, 5.74) is -0.322. The summed E-state index contributed by atoms with van der Waals surface area (Å²) in [5, 5.41) is 51.3. The van der Waals surface area contributed by atoms with Crippen molar-refractivity contribution in [1.82, 2.24) is 0 Å². The summed E-state index contributed by atoms with van der Waals surface area (Å²) in [5.74, 6) is -1.55. The molecule has 11 unspecified atom stereocenters. The lowest BCUT2D eigenvalue weighted by Gasteiger charge is -2.39. The van der Waals surface area contributed by atoms with Crippen molar-refractivity contribution in [2.24, 2.45) is 29.1 Å². The third-order valence-corrected chi connectivity index (χ3v) is 9.22. The van der Waals surface area contributed by atoms with E-state index in [4.69, 9.17) is 14.2 Å². The Morgan fingerprint density at radius 3 is 2.39 bits per heavy atom. The van der Waals surface area contributed by atoms with Gasteiger partial charge in [0.25, 0.3) is 0 Å². The summed E-state index contributed by atoms with van der Waals surface area (Å²) in [4.78, 5) is 26.2. The smallest absolute Gasteiger partial charge is 0.303 e. The number of ketones is 1. The summed E-state index contributed by atoms with van der Waals surface area (Å²) in [6.45, 7) is 8.50. The summed E-state index contributed by atoms with van der Waals surface area (Å²) >= 11 is 0. The van der Waals surface area contributed by atoms with Gasteiger partial charge in [-0.25, -0.2) is 0 Å². The summed E-state index contributed by atoms with van der Waals surface area (Å²) in [6, 6.07) is 0. The van der Waals surface area contributed by atoms with Crippen molar-refractivity contribution in [2.75, 3.05) is 13.2 Å². The van der Waals surface area contributed by atoms with Gasteiger partial charge in [-0.3, -0.25) is 9.59 Å². The fourth-order valence-electron chi connectivity index (χ4n) is 6.80. The first-order valence-electron chi connectivity index (χ1n) is 13.5. The molecule has 0 spiro atoms. The van der Waals surface area contributed by atoms with E-state index in [9.17, 15) is 35.1 Å². The van der Waals surface area contributed by atoms with Gasteiger partial charge in [0, 0.05) is 13.3 Å². The molecule has 5 N–H and O–H groups in total. The third kappa shape index (κ3) is 5.12. The molecule has 4 rings (SSSR count). The largest absolute Gasteiger partial charge is 0.450 e. The van der Waals surface area contributed by atoms with Crippen LogP contribution in [0.3, 0.4) is 0 Å². The molecule has 0 bridgehead atoms. The van der Waals surface area contributed by atoms with Gasteiger partial charge in [-0.15, -0.1) is 0 Å². The normalized spacial score (nSPS) is 47.5. The van der Waals surface area contributed by atoms with Gasteiger partial charge in [0.2, 0.25) is 5.78 Å². The molecule has 1 aliphatic heterocycles. The van der Waals surface area contributed by atoms with Crippen LogP contribution in [0.25, 0.3) is 0 Å². The molecule has 0 aromatic heterocycles. The zero-order valence-electron chi connectivity index (χ0n) is 22.7. The van der Waals surface area contributed by atoms with Crippen molar-refractivity contribution in [3.05, 3.63) is 23.3 Å². The maximum absolute atomic E-state index is 13.9. The van der Waals surface area contributed by atoms with Crippen molar-refractivity contribution in [3.63, 3.8) is 0 Å². The second-order valence-corrected chi connectivity index (χ2v) is 12.2. The number of carbonyl (C=O) groups excluding carboxylic acids is 2. The Morgan fingerprint density at radius 2 is 1.76 bits per heavy atom. The molecule has 0 aromatic carbocycles. The number of ether oxygens (including phenoxy) is 3. The van der Waals surface area contributed by atoms with Crippen LogP contribution in [0.4, 0.5) is 0 Å². The van der Waals surface area contributed by atoms with E-state index in [-0.39, 0.29) is 36.1 Å². The van der Waals surface area contributed by atoms with E-state index in [1.54, 1.807) is 13.0 Å². The quantitative estimate of drug-likeness (QED) is 0.248. The molecule has 38 heavy (non-hydrogen) atoms. The van der Waals surface area contributed by atoms with Crippen LogP contribution in [0.15, 0.2) is 23.3 Å². The molecule has 4 aliphatic rings. The van der Waals surface area contributed by atoms with Crippen LogP contribution in [-0.2, 0) is 23.8 Å². The van der Waals surface area contributed by atoms with Gasteiger partial charge in [0.1, 0.15) is 24.4 Å². The summed E-state index contributed by atoms with van der Waals surface area (Å²) < 4.78 is 17.1. The van der Waals surface area contributed by atoms with Crippen LogP contribution in [0.1, 0.15) is 53.9 Å². The minimum Gasteiger partial charge on any atom is -0.450 e. The fourth-order valence-corrected chi connectivity index (χ4v) is 6.80. The zero-order chi connectivity index (χ0) is 28.2. The van der Waals surface area contributed by atoms with Gasteiger partial charge < -0.3 is 39.7 Å². The predicted octanol–water partition coefficient (Wildman–Crippen LogP) is 0.629. The molecule has 1 heterocycles. The average Bonchev–Trinajstić information content (AvgIpc) is 3.28. The highest BCUT2D eigenvalue weighted by Gasteiger charge is 2.60. The lowest BCUT2D eigenvalue weighted by atomic mass is 9.81. The van der Waals surface area contributed by atoms with Crippen LogP contribution in [-0.4, -0.2) is 92.9 Å². The first kappa shape index (κ1) is 29.3. The maximum Gasteiger partial charge on any atom is 0.303 e. The number of allylic oxidation sites excluding steroid dienone is 1. The fraction of sp³-hybridized carbons (Fsp3) is 0.786. The maximum atomic E-state index is 13.9. The minimum atomic E-state index is -1.57. The molecule has 2 saturated carbocycles. The minimum absolute atomic E-state index is 0.0134. The van der Waals surface area contributed by atoms with Crippen LogP contribution in [0.2, 0.25) is 0 Å². The number of fused-ring (bicyclic) bond motifs is 2. The predicted molar refractivity (Wildman–Crippen MR) is 134 cm³/mol. The number of aliphatic hydroxyl groups excluding tert-OH is 5. The summed E-state index contributed by atoms with van der Waals surface area (Å²) in [7, 11) is 0.